The van der Waals surface area contributed by atoms with Gasteiger partial charge in [0.2, 0.25) is 0 Å². The van der Waals surface area contributed by atoms with E-state index in [4.69, 9.17) is 4.74 Å². The molecular formula is C14H9N5O7S. The summed E-state index contributed by atoms with van der Waals surface area (Å²) in [6.07, 6.45) is 0.877. The van der Waals surface area contributed by atoms with E-state index >= 15 is 0 Å². The van der Waals surface area contributed by atoms with Gasteiger partial charge in [0.15, 0.2) is 11.7 Å². The first-order chi connectivity index (χ1) is 12.8. The predicted octanol–water partition coefficient (Wildman–Crippen LogP) is 0.377. The Bertz CT molecular complexity index is 1180. The molecule has 0 saturated heterocycles. The van der Waals surface area contributed by atoms with Crippen molar-refractivity contribution in [2.75, 3.05) is 11.9 Å². The molecule has 0 spiro atoms. The number of hydrogen-bond donors (Lipinski definition) is 3. The predicted molar refractivity (Wildman–Crippen MR) is 92.9 cm³/mol. The average Bonchev–Trinajstić information content (AvgIpc) is 3.00. The quantitative estimate of drug-likeness (QED) is 0.317. The Morgan fingerprint density at radius 2 is 2.11 bits per heavy atom. The van der Waals surface area contributed by atoms with Gasteiger partial charge in [0.25, 0.3) is 17.2 Å². The standard InChI is InChI=1S/C14H9N5O7S/c20-10(5-26-12(22)7-4-15-13(23)18-11(7)21)17-14-16-8-2-1-6(19(24)25)3-9(8)27-14/h1-4H,5H2,(H,16,17,20)(H2,15,18,21,23). The molecule has 0 aliphatic carbocycles. The number of fused-ring (bicyclic) bond motifs is 1. The number of thiazole rings is 1. The molecule has 2 heterocycles. The van der Waals surface area contributed by atoms with Crippen molar-refractivity contribution >= 4 is 44.2 Å². The minimum atomic E-state index is -1.09. The van der Waals surface area contributed by atoms with Crippen molar-refractivity contribution in [1.82, 2.24) is 15.0 Å². The van der Waals surface area contributed by atoms with Crippen LogP contribution in [0, 0.1) is 10.1 Å². The van der Waals surface area contributed by atoms with Gasteiger partial charge in [-0.15, -0.1) is 0 Å². The second kappa shape index (κ2) is 7.17. The lowest BCUT2D eigenvalue weighted by molar-refractivity contribution is -0.384. The molecule has 0 unspecified atom stereocenters. The van der Waals surface area contributed by atoms with Crippen LogP contribution in [0.1, 0.15) is 10.4 Å². The topological polar surface area (TPSA) is 177 Å². The molecule has 12 nitrogen and oxygen atoms in total. The van der Waals surface area contributed by atoms with Gasteiger partial charge < -0.3 is 9.72 Å². The molecule has 3 N–H and O–H groups in total. The second-order valence-corrected chi connectivity index (χ2v) is 6.07. The van der Waals surface area contributed by atoms with Crippen molar-refractivity contribution in [1.29, 1.82) is 0 Å². The molecule has 13 heteroatoms. The lowest BCUT2D eigenvalue weighted by Crippen LogP contribution is -2.29. The van der Waals surface area contributed by atoms with Gasteiger partial charge in [-0.2, -0.15) is 0 Å². The highest BCUT2D eigenvalue weighted by atomic mass is 32.1. The molecule has 2 aromatic heterocycles. The van der Waals surface area contributed by atoms with Crippen LogP contribution < -0.4 is 16.6 Å². The van der Waals surface area contributed by atoms with E-state index in [9.17, 15) is 29.3 Å². The summed E-state index contributed by atoms with van der Waals surface area (Å²) in [5.74, 6) is -1.82. The molecule has 0 aliphatic heterocycles. The first-order valence-electron chi connectivity index (χ1n) is 7.17. The van der Waals surface area contributed by atoms with Crippen LogP contribution in [0.3, 0.4) is 0 Å². The number of hydrogen-bond acceptors (Lipinski definition) is 9. The SMILES string of the molecule is O=C(COC(=O)c1c[nH]c(=O)[nH]c1=O)Nc1nc2ccc([N+](=O)[O-])cc2s1. The number of esters is 1. The largest absolute Gasteiger partial charge is 0.452 e. The van der Waals surface area contributed by atoms with Crippen molar-refractivity contribution < 1.29 is 19.2 Å². The molecule has 0 fully saturated rings. The number of benzene rings is 1. The fourth-order valence-electron chi connectivity index (χ4n) is 2.01. The number of aromatic nitrogens is 3. The van der Waals surface area contributed by atoms with E-state index in [1.807, 2.05) is 4.98 Å². The van der Waals surface area contributed by atoms with Gasteiger partial charge in [-0.25, -0.2) is 14.6 Å². The van der Waals surface area contributed by atoms with Crippen LogP contribution in [0.4, 0.5) is 10.8 Å². The fraction of sp³-hybridized carbons (Fsp3) is 0.0714. The van der Waals surface area contributed by atoms with Crippen molar-refractivity contribution in [3.8, 4) is 0 Å². The van der Waals surface area contributed by atoms with Crippen molar-refractivity contribution in [2.24, 2.45) is 0 Å². The number of nitro groups is 1. The van der Waals surface area contributed by atoms with Crippen LogP contribution in [0.5, 0.6) is 0 Å². The molecule has 0 aliphatic rings. The van der Waals surface area contributed by atoms with E-state index in [-0.39, 0.29) is 10.8 Å². The normalized spacial score (nSPS) is 10.5. The number of nitro benzene ring substituents is 1. The molecule has 27 heavy (non-hydrogen) atoms. The van der Waals surface area contributed by atoms with Crippen LogP contribution in [0.2, 0.25) is 0 Å². The molecule has 1 amide bonds. The maximum absolute atomic E-state index is 11.9. The highest BCUT2D eigenvalue weighted by molar-refractivity contribution is 7.22. The van der Waals surface area contributed by atoms with Gasteiger partial charge in [-0.3, -0.25) is 30.0 Å². The number of amides is 1. The van der Waals surface area contributed by atoms with E-state index in [2.05, 4.69) is 15.3 Å². The van der Waals surface area contributed by atoms with Crippen LogP contribution in [-0.2, 0) is 9.53 Å². The van der Waals surface area contributed by atoms with E-state index in [1.54, 1.807) is 0 Å². The number of anilines is 1. The molecule has 3 rings (SSSR count). The monoisotopic (exact) mass is 391 g/mol. The lowest BCUT2D eigenvalue weighted by atomic mass is 10.3. The van der Waals surface area contributed by atoms with E-state index < -0.39 is 40.2 Å². The molecule has 0 atom stereocenters. The maximum Gasteiger partial charge on any atom is 0.345 e. The zero-order valence-electron chi connectivity index (χ0n) is 13.2. The summed E-state index contributed by atoms with van der Waals surface area (Å²) in [5, 5.41) is 13.3. The van der Waals surface area contributed by atoms with Gasteiger partial charge in [-0.05, 0) is 6.07 Å². The van der Waals surface area contributed by atoms with Crippen molar-refractivity contribution in [2.45, 2.75) is 0 Å². The van der Waals surface area contributed by atoms with Crippen LogP contribution in [-0.4, -0.2) is 38.4 Å². The number of carbonyl (C=O) groups is 2. The molecule has 138 valence electrons. The smallest absolute Gasteiger partial charge is 0.345 e. The number of carbonyl (C=O) groups excluding carboxylic acids is 2. The van der Waals surface area contributed by atoms with E-state index in [0.717, 1.165) is 17.5 Å². The minimum absolute atomic E-state index is 0.107. The van der Waals surface area contributed by atoms with Crippen LogP contribution >= 0.6 is 11.3 Å². The fourth-order valence-corrected chi connectivity index (χ4v) is 2.92. The summed E-state index contributed by atoms with van der Waals surface area (Å²) in [7, 11) is 0. The Labute approximate surface area is 152 Å². The van der Waals surface area contributed by atoms with Gasteiger partial charge in [-0.1, -0.05) is 11.3 Å². The first-order valence-corrected chi connectivity index (χ1v) is 7.99. The first kappa shape index (κ1) is 17.9. The van der Waals surface area contributed by atoms with E-state index in [1.165, 1.54) is 18.2 Å². The third-order valence-corrected chi connectivity index (χ3v) is 4.14. The number of non-ortho nitro benzene ring substituents is 1. The third-order valence-electron chi connectivity index (χ3n) is 3.20. The van der Waals surface area contributed by atoms with Crippen LogP contribution in [0.15, 0.2) is 34.0 Å². The summed E-state index contributed by atoms with van der Waals surface area (Å²) >= 11 is 1.01. The van der Waals surface area contributed by atoms with Crippen molar-refractivity contribution in [3.63, 3.8) is 0 Å². The van der Waals surface area contributed by atoms with Gasteiger partial charge in [0, 0.05) is 18.3 Å². The summed E-state index contributed by atoms with van der Waals surface area (Å²) in [4.78, 5) is 64.2. The Kier molecular flexibility index (Phi) is 4.76. The van der Waals surface area contributed by atoms with Crippen LogP contribution in [0.25, 0.3) is 10.2 Å². The zero-order valence-corrected chi connectivity index (χ0v) is 14.0. The highest BCUT2D eigenvalue weighted by Crippen LogP contribution is 2.29. The van der Waals surface area contributed by atoms with Gasteiger partial charge >= 0.3 is 11.7 Å². The minimum Gasteiger partial charge on any atom is -0.452 e. The Morgan fingerprint density at radius 3 is 2.81 bits per heavy atom. The maximum atomic E-state index is 11.9. The molecule has 0 radical (unpaired) electrons. The van der Waals surface area contributed by atoms with E-state index in [0.29, 0.717) is 10.2 Å². The number of rotatable bonds is 5. The molecule has 1 aromatic carbocycles. The van der Waals surface area contributed by atoms with Crippen molar-refractivity contribution in [3.05, 3.63) is 60.9 Å². The molecule has 0 saturated carbocycles. The third kappa shape index (κ3) is 4.04. The Morgan fingerprint density at radius 1 is 1.33 bits per heavy atom. The number of nitrogens with one attached hydrogen (secondary N) is 3. The Balaban J connectivity index is 1.64. The number of ether oxygens (including phenoxy) is 1. The number of aromatic amines is 2. The lowest BCUT2D eigenvalue weighted by Gasteiger charge is -2.03. The van der Waals surface area contributed by atoms with Gasteiger partial charge in [0.1, 0.15) is 5.56 Å². The summed E-state index contributed by atoms with van der Waals surface area (Å²) in [6, 6.07) is 4.06. The number of nitrogens with zero attached hydrogens (tertiary/aromatic N) is 2. The average molecular weight is 391 g/mol. The summed E-state index contributed by atoms with van der Waals surface area (Å²) in [5.41, 5.74) is -1.85. The molecule has 3 aromatic rings. The Hall–Kier alpha value is -3.87. The highest BCUT2D eigenvalue weighted by Gasteiger charge is 2.16. The van der Waals surface area contributed by atoms with Gasteiger partial charge in [0.05, 0.1) is 15.1 Å². The molecule has 0 bridgehead atoms. The molecular weight excluding hydrogens is 382 g/mol. The number of H-pyrrole nitrogens is 2. The second-order valence-electron chi connectivity index (χ2n) is 5.04. The summed E-state index contributed by atoms with van der Waals surface area (Å²) < 4.78 is 5.20. The zero-order chi connectivity index (χ0) is 19.6. The summed E-state index contributed by atoms with van der Waals surface area (Å²) in [6.45, 7) is -0.701.